The minimum absolute atomic E-state index is 0.147. The highest BCUT2D eigenvalue weighted by Crippen LogP contribution is 2.29. The van der Waals surface area contributed by atoms with Gasteiger partial charge in [-0.1, -0.05) is 31.4 Å². The van der Waals surface area contributed by atoms with Gasteiger partial charge in [0.1, 0.15) is 0 Å². The smallest absolute Gasteiger partial charge is 0.311 e. The summed E-state index contributed by atoms with van der Waals surface area (Å²) < 4.78 is 10.5. The summed E-state index contributed by atoms with van der Waals surface area (Å²) in [5.41, 5.74) is 0. The number of para-hydroxylation sites is 2. The van der Waals surface area contributed by atoms with Gasteiger partial charge in [0.05, 0.1) is 7.11 Å². The number of rotatable bonds is 4. The SMILES string of the molecule is COc1ccccc1OC(=O)CC1CCCCC1. The lowest BCUT2D eigenvalue weighted by Gasteiger charge is -2.20. The van der Waals surface area contributed by atoms with Crippen LogP contribution in [0.25, 0.3) is 0 Å². The zero-order valence-corrected chi connectivity index (χ0v) is 10.9. The van der Waals surface area contributed by atoms with Gasteiger partial charge in [0, 0.05) is 6.42 Å². The lowest BCUT2D eigenvalue weighted by atomic mass is 9.87. The van der Waals surface area contributed by atoms with Crippen LogP contribution < -0.4 is 9.47 Å². The fourth-order valence-electron chi connectivity index (χ4n) is 2.49. The van der Waals surface area contributed by atoms with Gasteiger partial charge in [-0.15, -0.1) is 0 Å². The number of ether oxygens (including phenoxy) is 2. The Morgan fingerprint density at radius 1 is 1.17 bits per heavy atom. The average molecular weight is 248 g/mol. The highest BCUT2D eigenvalue weighted by molar-refractivity contribution is 5.73. The van der Waals surface area contributed by atoms with Crippen LogP contribution in [0.2, 0.25) is 0 Å². The van der Waals surface area contributed by atoms with Crippen molar-refractivity contribution in [2.75, 3.05) is 7.11 Å². The first-order valence-corrected chi connectivity index (χ1v) is 6.63. The summed E-state index contributed by atoms with van der Waals surface area (Å²) in [5.74, 6) is 1.47. The van der Waals surface area contributed by atoms with Gasteiger partial charge in [-0.05, 0) is 30.9 Å². The van der Waals surface area contributed by atoms with Gasteiger partial charge >= 0.3 is 5.97 Å². The molecule has 1 saturated carbocycles. The van der Waals surface area contributed by atoms with E-state index in [1.54, 1.807) is 19.2 Å². The predicted octanol–water partition coefficient (Wildman–Crippen LogP) is 3.57. The molecule has 1 aliphatic rings. The van der Waals surface area contributed by atoms with Crippen LogP contribution in [0.15, 0.2) is 24.3 Å². The van der Waals surface area contributed by atoms with E-state index >= 15 is 0 Å². The number of hydrogen-bond acceptors (Lipinski definition) is 3. The van der Waals surface area contributed by atoms with Crippen LogP contribution in [-0.4, -0.2) is 13.1 Å². The maximum absolute atomic E-state index is 11.9. The average Bonchev–Trinajstić information content (AvgIpc) is 2.40. The van der Waals surface area contributed by atoms with Crippen LogP contribution in [0, 0.1) is 5.92 Å². The Labute approximate surface area is 108 Å². The summed E-state index contributed by atoms with van der Waals surface area (Å²) in [6.07, 6.45) is 6.62. The van der Waals surface area contributed by atoms with Crippen molar-refractivity contribution in [1.29, 1.82) is 0 Å². The molecule has 1 aliphatic carbocycles. The van der Waals surface area contributed by atoms with Crippen molar-refractivity contribution < 1.29 is 14.3 Å². The molecule has 1 aromatic rings. The normalized spacial score (nSPS) is 16.3. The summed E-state index contributed by atoms with van der Waals surface area (Å²) >= 11 is 0. The highest BCUT2D eigenvalue weighted by Gasteiger charge is 2.19. The van der Waals surface area contributed by atoms with Crippen molar-refractivity contribution in [3.05, 3.63) is 24.3 Å². The van der Waals surface area contributed by atoms with Crippen LogP contribution in [0.4, 0.5) is 0 Å². The molecule has 3 heteroatoms. The zero-order chi connectivity index (χ0) is 12.8. The molecule has 0 amide bonds. The fraction of sp³-hybridized carbons (Fsp3) is 0.533. The summed E-state index contributed by atoms with van der Waals surface area (Å²) in [6.45, 7) is 0. The third-order valence-corrected chi connectivity index (χ3v) is 3.47. The topological polar surface area (TPSA) is 35.5 Å². The van der Waals surface area contributed by atoms with Crippen LogP contribution in [0.1, 0.15) is 38.5 Å². The molecular formula is C15H20O3. The molecule has 0 aliphatic heterocycles. The Morgan fingerprint density at radius 2 is 1.83 bits per heavy atom. The molecule has 0 heterocycles. The first-order chi connectivity index (χ1) is 8.79. The molecule has 0 saturated heterocycles. The van der Waals surface area contributed by atoms with Crippen molar-refractivity contribution in [2.45, 2.75) is 38.5 Å². The third kappa shape index (κ3) is 3.49. The van der Waals surface area contributed by atoms with E-state index in [2.05, 4.69) is 0 Å². The van der Waals surface area contributed by atoms with E-state index in [0.717, 1.165) is 12.8 Å². The van der Waals surface area contributed by atoms with Gasteiger partial charge in [-0.2, -0.15) is 0 Å². The Kier molecular flexibility index (Phi) is 4.62. The van der Waals surface area contributed by atoms with E-state index < -0.39 is 0 Å². The Balaban J connectivity index is 1.90. The molecule has 18 heavy (non-hydrogen) atoms. The van der Waals surface area contributed by atoms with Gasteiger partial charge < -0.3 is 9.47 Å². The van der Waals surface area contributed by atoms with Gasteiger partial charge in [0.25, 0.3) is 0 Å². The second-order valence-corrected chi connectivity index (χ2v) is 4.83. The quantitative estimate of drug-likeness (QED) is 0.603. The number of carbonyl (C=O) groups excluding carboxylic acids is 1. The minimum atomic E-state index is -0.147. The molecule has 0 N–H and O–H groups in total. The van der Waals surface area contributed by atoms with E-state index in [1.807, 2.05) is 12.1 Å². The Bertz CT molecular complexity index is 394. The maximum Gasteiger partial charge on any atom is 0.311 e. The van der Waals surface area contributed by atoms with Crippen molar-refractivity contribution in [3.63, 3.8) is 0 Å². The number of carbonyl (C=O) groups is 1. The standard InChI is InChI=1S/C15H20O3/c1-17-13-9-5-6-10-14(13)18-15(16)11-12-7-3-2-4-8-12/h5-6,9-10,12H,2-4,7-8,11H2,1H3. The second kappa shape index (κ2) is 6.43. The molecule has 0 aromatic heterocycles. The number of hydrogen-bond donors (Lipinski definition) is 0. The van der Waals surface area contributed by atoms with Crippen LogP contribution in [-0.2, 0) is 4.79 Å². The lowest BCUT2D eigenvalue weighted by molar-refractivity contribution is -0.135. The Morgan fingerprint density at radius 3 is 2.50 bits per heavy atom. The first-order valence-electron chi connectivity index (χ1n) is 6.63. The van der Waals surface area contributed by atoms with Gasteiger partial charge in [0.15, 0.2) is 11.5 Å². The largest absolute Gasteiger partial charge is 0.493 e. The molecule has 0 radical (unpaired) electrons. The molecule has 1 aromatic carbocycles. The minimum Gasteiger partial charge on any atom is -0.493 e. The van der Waals surface area contributed by atoms with Crippen molar-refractivity contribution in [1.82, 2.24) is 0 Å². The summed E-state index contributed by atoms with van der Waals surface area (Å²) in [4.78, 5) is 11.9. The highest BCUT2D eigenvalue weighted by atomic mass is 16.6. The van der Waals surface area contributed by atoms with Crippen molar-refractivity contribution in [3.8, 4) is 11.5 Å². The number of benzene rings is 1. The van der Waals surface area contributed by atoms with Crippen molar-refractivity contribution in [2.24, 2.45) is 5.92 Å². The fourth-order valence-corrected chi connectivity index (χ4v) is 2.49. The Hall–Kier alpha value is -1.51. The van der Waals surface area contributed by atoms with Crippen LogP contribution in [0.3, 0.4) is 0 Å². The molecule has 0 atom stereocenters. The lowest BCUT2D eigenvalue weighted by Crippen LogP contribution is -2.16. The predicted molar refractivity (Wildman–Crippen MR) is 69.8 cm³/mol. The molecular weight excluding hydrogens is 228 g/mol. The van der Waals surface area contributed by atoms with Crippen LogP contribution >= 0.6 is 0 Å². The van der Waals surface area contributed by atoms with E-state index in [4.69, 9.17) is 9.47 Å². The molecule has 0 spiro atoms. The van der Waals surface area contributed by atoms with Crippen molar-refractivity contribution >= 4 is 5.97 Å². The molecule has 0 bridgehead atoms. The second-order valence-electron chi connectivity index (χ2n) is 4.83. The summed E-state index contributed by atoms with van der Waals surface area (Å²) in [7, 11) is 1.58. The molecule has 98 valence electrons. The van der Waals surface area contributed by atoms with E-state index in [9.17, 15) is 4.79 Å². The first kappa shape index (κ1) is 12.9. The summed E-state index contributed by atoms with van der Waals surface area (Å²) in [5, 5.41) is 0. The number of esters is 1. The van der Waals surface area contributed by atoms with E-state index in [-0.39, 0.29) is 5.97 Å². The van der Waals surface area contributed by atoms with Gasteiger partial charge in [-0.3, -0.25) is 4.79 Å². The zero-order valence-electron chi connectivity index (χ0n) is 10.9. The molecule has 0 unspecified atom stereocenters. The third-order valence-electron chi connectivity index (χ3n) is 3.47. The van der Waals surface area contributed by atoms with E-state index in [0.29, 0.717) is 23.8 Å². The van der Waals surface area contributed by atoms with Gasteiger partial charge in [-0.25, -0.2) is 0 Å². The maximum atomic E-state index is 11.9. The summed E-state index contributed by atoms with van der Waals surface area (Å²) in [6, 6.07) is 7.25. The number of methoxy groups -OCH3 is 1. The van der Waals surface area contributed by atoms with E-state index in [1.165, 1.54) is 19.3 Å². The van der Waals surface area contributed by atoms with Gasteiger partial charge in [0.2, 0.25) is 0 Å². The molecule has 3 nitrogen and oxygen atoms in total. The monoisotopic (exact) mass is 248 g/mol. The molecule has 2 rings (SSSR count). The molecule has 1 fully saturated rings. The van der Waals surface area contributed by atoms with Crippen LogP contribution in [0.5, 0.6) is 11.5 Å².